The van der Waals surface area contributed by atoms with Crippen molar-refractivity contribution in [3.63, 3.8) is 0 Å². The lowest BCUT2D eigenvalue weighted by molar-refractivity contribution is 0.511. The van der Waals surface area contributed by atoms with Gasteiger partial charge in [-0.2, -0.15) is 0 Å². The minimum Gasteiger partial charge on any atom is -0.360 e. The van der Waals surface area contributed by atoms with Gasteiger partial charge >= 0.3 is 0 Å². The first kappa shape index (κ1) is 13.8. The van der Waals surface area contributed by atoms with Gasteiger partial charge in [-0.15, -0.1) is 0 Å². The van der Waals surface area contributed by atoms with E-state index in [2.05, 4.69) is 31.0 Å². The Bertz CT molecular complexity index is 770. The van der Waals surface area contributed by atoms with Crippen LogP contribution in [0.5, 0.6) is 0 Å². The molecule has 0 aliphatic rings. The Morgan fingerprint density at radius 2 is 1.67 bits per heavy atom. The van der Waals surface area contributed by atoms with E-state index in [9.17, 15) is 8.78 Å². The fourth-order valence-corrected chi connectivity index (χ4v) is 2.65. The third-order valence-corrected chi connectivity index (χ3v) is 3.63. The number of fused-ring (bicyclic) bond motifs is 1. The average Bonchev–Trinajstić information content (AvgIpc) is 2.82. The van der Waals surface area contributed by atoms with Crippen LogP contribution in [0.1, 0.15) is 19.4 Å². The Kier molecular flexibility index (Phi) is 3.50. The van der Waals surface area contributed by atoms with E-state index in [1.807, 2.05) is 12.1 Å². The van der Waals surface area contributed by atoms with Crippen LogP contribution in [0.4, 0.5) is 8.78 Å². The number of H-pyrrole nitrogens is 1. The Morgan fingerprint density at radius 1 is 1.00 bits per heavy atom. The van der Waals surface area contributed by atoms with Crippen LogP contribution < -0.4 is 0 Å². The van der Waals surface area contributed by atoms with Crippen LogP contribution in [0.2, 0.25) is 0 Å². The molecule has 21 heavy (non-hydrogen) atoms. The number of aromatic nitrogens is 1. The van der Waals surface area contributed by atoms with Gasteiger partial charge in [0.2, 0.25) is 0 Å². The lowest BCUT2D eigenvalue weighted by Crippen LogP contribution is -1.93. The topological polar surface area (TPSA) is 15.8 Å². The highest BCUT2D eigenvalue weighted by atomic mass is 19.2. The van der Waals surface area contributed by atoms with Crippen LogP contribution in [0.3, 0.4) is 0 Å². The molecular formula is C18H17F2N. The zero-order valence-corrected chi connectivity index (χ0v) is 12.1. The van der Waals surface area contributed by atoms with E-state index in [1.54, 1.807) is 6.20 Å². The molecule has 0 bridgehead atoms. The summed E-state index contributed by atoms with van der Waals surface area (Å²) in [5.41, 5.74) is 3.78. The van der Waals surface area contributed by atoms with Gasteiger partial charge in [0.1, 0.15) is 0 Å². The molecule has 0 spiro atoms. The van der Waals surface area contributed by atoms with Crippen LogP contribution in [0.25, 0.3) is 22.0 Å². The van der Waals surface area contributed by atoms with Crippen LogP contribution in [-0.2, 0) is 6.42 Å². The van der Waals surface area contributed by atoms with Gasteiger partial charge in [-0.1, -0.05) is 38.1 Å². The standard InChI is InChI=1S/C18H17F2N/c1-11(2)7-12-3-5-13(6-4-12)15-10-21-18-9-17(20)16(19)8-14(15)18/h3-6,8-11,21H,7H2,1-2H3. The maximum atomic E-state index is 13.4. The molecule has 0 radical (unpaired) electrons. The van der Waals surface area contributed by atoms with Crippen molar-refractivity contribution in [2.45, 2.75) is 20.3 Å². The second-order valence-corrected chi connectivity index (χ2v) is 5.81. The maximum Gasteiger partial charge on any atom is 0.160 e. The SMILES string of the molecule is CC(C)Cc1ccc(-c2c[nH]c3cc(F)c(F)cc23)cc1. The molecule has 1 nitrogen and oxygen atoms in total. The van der Waals surface area contributed by atoms with Crippen molar-refractivity contribution in [2.75, 3.05) is 0 Å². The largest absolute Gasteiger partial charge is 0.360 e. The van der Waals surface area contributed by atoms with Gasteiger partial charge in [-0.3, -0.25) is 0 Å². The number of hydrogen-bond acceptors (Lipinski definition) is 0. The molecule has 3 rings (SSSR count). The van der Waals surface area contributed by atoms with E-state index in [0.717, 1.165) is 17.5 Å². The Balaban J connectivity index is 2.02. The first-order valence-electron chi connectivity index (χ1n) is 7.10. The van der Waals surface area contributed by atoms with Gasteiger partial charge in [-0.25, -0.2) is 8.78 Å². The predicted molar refractivity (Wildman–Crippen MR) is 82.2 cm³/mol. The minimum atomic E-state index is -0.830. The molecule has 0 amide bonds. The molecule has 0 unspecified atom stereocenters. The van der Waals surface area contributed by atoms with Crippen molar-refractivity contribution < 1.29 is 8.78 Å². The van der Waals surface area contributed by atoms with E-state index in [4.69, 9.17) is 0 Å². The summed E-state index contributed by atoms with van der Waals surface area (Å²) in [6.45, 7) is 4.37. The molecular weight excluding hydrogens is 268 g/mol. The van der Waals surface area contributed by atoms with Crippen LogP contribution in [0, 0.1) is 17.6 Å². The summed E-state index contributed by atoms with van der Waals surface area (Å²) < 4.78 is 26.7. The molecule has 1 heterocycles. The summed E-state index contributed by atoms with van der Waals surface area (Å²) in [6, 6.07) is 10.7. The van der Waals surface area contributed by atoms with Crippen molar-refractivity contribution in [2.24, 2.45) is 5.92 Å². The Labute approximate surface area is 122 Å². The zero-order chi connectivity index (χ0) is 15.0. The first-order valence-corrected chi connectivity index (χ1v) is 7.10. The highest BCUT2D eigenvalue weighted by Crippen LogP contribution is 2.30. The second kappa shape index (κ2) is 5.32. The van der Waals surface area contributed by atoms with Gasteiger partial charge in [0.15, 0.2) is 11.6 Å². The molecule has 1 N–H and O–H groups in total. The van der Waals surface area contributed by atoms with Crippen LogP contribution in [0.15, 0.2) is 42.6 Å². The molecule has 0 saturated heterocycles. The van der Waals surface area contributed by atoms with E-state index in [0.29, 0.717) is 16.8 Å². The molecule has 0 atom stereocenters. The Morgan fingerprint density at radius 3 is 2.33 bits per heavy atom. The third kappa shape index (κ3) is 2.68. The third-order valence-electron chi connectivity index (χ3n) is 3.63. The minimum absolute atomic E-state index is 0.607. The van der Waals surface area contributed by atoms with E-state index >= 15 is 0 Å². The van der Waals surface area contributed by atoms with Crippen molar-refractivity contribution in [1.82, 2.24) is 4.98 Å². The number of hydrogen-bond donors (Lipinski definition) is 1. The normalized spacial score (nSPS) is 11.5. The number of benzene rings is 2. The van der Waals surface area contributed by atoms with Gasteiger partial charge in [0.25, 0.3) is 0 Å². The van der Waals surface area contributed by atoms with Gasteiger partial charge in [0, 0.05) is 28.7 Å². The summed E-state index contributed by atoms with van der Waals surface area (Å²) in [6.07, 6.45) is 2.83. The second-order valence-electron chi connectivity index (χ2n) is 5.81. The molecule has 3 heteroatoms. The van der Waals surface area contributed by atoms with Gasteiger partial charge in [0.05, 0.1) is 0 Å². The van der Waals surface area contributed by atoms with E-state index in [-0.39, 0.29) is 0 Å². The van der Waals surface area contributed by atoms with E-state index < -0.39 is 11.6 Å². The summed E-state index contributed by atoms with van der Waals surface area (Å²) in [5.74, 6) is -1.04. The molecule has 3 aromatic rings. The lowest BCUT2D eigenvalue weighted by atomic mass is 9.99. The fourth-order valence-electron chi connectivity index (χ4n) is 2.65. The number of aromatic amines is 1. The van der Waals surface area contributed by atoms with Crippen LogP contribution in [-0.4, -0.2) is 4.98 Å². The fraction of sp³-hybridized carbons (Fsp3) is 0.222. The summed E-state index contributed by atoms with van der Waals surface area (Å²) in [5, 5.41) is 0.700. The van der Waals surface area contributed by atoms with Gasteiger partial charge in [-0.05, 0) is 29.5 Å². The maximum absolute atomic E-state index is 13.4. The predicted octanol–water partition coefficient (Wildman–Crippen LogP) is 5.31. The smallest absolute Gasteiger partial charge is 0.160 e. The molecule has 108 valence electrons. The molecule has 1 aromatic heterocycles. The lowest BCUT2D eigenvalue weighted by Gasteiger charge is -2.06. The van der Waals surface area contributed by atoms with Crippen molar-refractivity contribution in [3.05, 3.63) is 59.8 Å². The number of nitrogens with one attached hydrogen (secondary N) is 1. The number of rotatable bonds is 3. The van der Waals surface area contributed by atoms with Crippen molar-refractivity contribution in [3.8, 4) is 11.1 Å². The summed E-state index contributed by atoms with van der Waals surface area (Å²) in [4.78, 5) is 2.99. The monoisotopic (exact) mass is 285 g/mol. The summed E-state index contributed by atoms with van der Waals surface area (Å²) >= 11 is 0. The molecule has 0 saturated carbocycles. The molecule has 0 aliphatic heterocycles. The highest BCUT2D eigenvalue weighted by Gasteiger charge is 2.10. The van der Waals surface area contributed by atoms with Crippen LogP contribution >= 0.6 is 0 Å². The van der Waals surface area contributed by atoms with Crippen molar-refractivity contribution >= 4 is 10.9 Å². The molecule has 0 aliphatic carbocycles. The zero-order valence-electron chi connectivity index (χ0n) is 12.1. The average molecular weight is 285 g/mol. The summed E-state index contributed by atoms with van der Waals surface area (Å²) in [7, 11) is 0. The highest BCUT2D eigenvalue weighted by molar-refractivity contribution is 5.95. The quantitative estimate of drug-likeness (QED) is 0.671. The number of halogens is 2. The van der Waals surface area contributed by atoms with Crippen molar-refractivity contribution in [1.29, 1.82) is 0 Å². The Hall–Kier alpha value is -2.16. The van der Waals surface area contributed by atoms with E-state index in [1.165, 1.54) is 17.7 Å². The molecule has 2 aromatic carbocycles. The molecule has 0 fully saturated rings. The van der Waals surface area contributed by atoms with Gasteiger partial charge < -0.3 is 4.98 Å². The first-order chi connectivity index (χ1) is 10.0.